The van der Waals surface area contributed by atoms with Crippen LogP contribution in [0.25, 0.3) is 0 Å². The van der Waals surface area contributed by atoms with Crippen molar-refractivity contribution in [2.45, 2.75) is 65.1 Å². The molecule has 0 radical (unpaired) electrons. The molecule has 2 saturated heterocycles. The molecule has 0 bridgehead atoms. The van der Waals surface area contributed by atoms with Crippen molar-refractivity contribution >= 4 is 12.0 Å². The van der Waals surface area contributed by atoms with Crippen molar-refractivity contribution < 1.29 is 14.7 Å². The summed E-state index contributed by atoms with van der Waals surface area (Å²) < 4.78 is 1.89. The molecule has 4 rings (SSSR count). The molecule has 0 unspecified atom stereocenters. The van der Waals surface area contributed by atoms with Gasteiger partial charge >= 0.3 is 6.09 Å². The molecular formula is C29H38N4O3. The van der Waals surface area contributed by atoms with E-state index in [4.69, 9.17) is 5.10 Å². The highest BCUT2D eigenvalue weighted by atomic mass is 16.4. The summed E-state index contributed by atoms with van der Waals surface area (Å²) in [6.07, 6.45) is 6.23. The lowest BCUT2D eigenvalue weighted by molar-refractivity contribution is -0.145. The van der Waals surface area contributed by atoms with E-state index in [0.717, 1.165) is 16.8 Å². The first-order valence-electron chi connectivity index (χ1n) is 12.6. The lowest BCUT2D eigenvalue weighted by Gasteiger charge is -2.59. The van der Waals surface area contributed by atoms with Gasteiger partial charge in [-0.1, -0.05) is 63.3 Å². The molecule has 2 aliphatic rings. The minimum absolute atomic E-state index is 0.0697. The van der Waals surface area contributed by atoms with Gasteiger partial charge in [-0.15, -0.1) is 13.2 Å². The summed E-state index contributed by atoms with van der Waals surface area (Å²) in [5.41, 5.74) is 0.598. The van der Waals surface area contributed by atoms with E-state index in [9.17, 15) is 14.7 Å². The fraction of sp³-hybridized carbons (Fsp3) is 0.483. The fourth-order valence-electron chi connectivity index (χ4n) is 6.81. The molecule has 36 heavy (non-hydrogen) atoms. The van der Waals surface area contributed by atoms with E-state index in [1.807, 2.05) is 40.9 Å². The molecule has 3 heterocycles. The van der Waals surface area contributed by atoms with Crippen LogP contribution in [0, 0.1) is 17.8 Å². The van der Waals surface area contributed by atoms with Gasteiger partial charge in [0.15, 0.2) is 0 Å². The molecule has 2 atom stereocenters. The highest BCUT2D eigenvalue weighted by molar-refractivity contribution is 5.87. The molecule has 0 aliphatic carbocycles. The lowest BCUT2D eigenvalue weighted by atomic mass is 9.61. The standard InChI is InChI=1S/C29H38N4O3/c1-7-14-28(15-8-2)18-24-29(27(4,5)6,33(26(35)36)17-16-32(24)25(28)34)23-20-31(30-21(23)3)19-22-12-10-9-11-13-22/h7-13,20,24H,1-2,14-19H2,3-6H3,(H,35,36)/t24-,29-/m0/s1. The number of piperazine rings is 1. The monoisotopic (exact) mass is 490 g/mol. The third-order valence-electron chi connectivity index (χ3n) is 8.14. The molecule has 2 fully saturated rings. The summed E-state index contributed by atoms with van der Waals surface area (Å²) in [7, 11) is 0. The van der Waals surface area contributed by atoms with Gasteiger partial charge in [-0.05, 0) is 37.2 Å². The average molecular weight is 491 g/mol. The first-order chi connectivity index (χ1) is 17.0. The van der Waals surface area contributed by atoms with E-state index in [-0.39, 0.29) is 18.5 Å². The number of nitrogens with zero attached hydrogens (tertiary/aromatic N) is 4. The molecule has 7 nitrogen and oxygen atoms in total. The molecule has 7 heteroatoms. The second-order valence-corrected chi connectivity index (χ2v) is 11.2. The van der Waals surface area contributed by atoms with Gasteiger partial charge in [0.25, 0.3) is 0 Å². The molecule has 2 aromatic rings. The summed E-state index contributed by atoms with van der Waals surface area (Å²) >= 11 is 0. The van der Waals surface area contributed by atoms with E-state index < -0.39 is 22.5 Å². The Morgan fingerprint density at radius 1 is 1.17 bits per heavy atom. The van der Waals surface area contributed by atoms with Crippen LogP contribution in [0.1, 0.15) is 56.9 Å². The second-order valence-electron chi connectivity index (χ2n) is 11.2. The van der Waals surface area contributed by atoms with E-state index in [0.29, 0.717) is 32.4 Å². The van der Waals surface area contributed by atoms with Crippen LogP contribution in [0.15, 0.2) is 61.8 Å². The summed E-state index contributed by atoms with van der Waals surface area (Å²) in [6.45, 7) is 17.2. The smallest absolute Gasteiger partial charge is 0.408 e. The predicted octanol–water partition coefficient (Wildman–Crippen LogP) is 5.21. The third-order valence-corrected chi connectivity index (χ3v) is 8.14. The lowest BCUT2D eigenvalue weighted by Crippen LogP contribution is -2.70. The quantitative estimate of drug-likeness (QED) is 0.540. The molecule has 1 N–H and O–H groups in total. The number of aromatic nitrogens is 2. The van der Waals surface area contributed by atoms with Crippen LogP contribution < -0.4 is 0 Å². The number of benzene rings is 1. The molecule has 0 spiro atoms. The maximum Gasteiger partial charge on any atom is 0.408 e. The van der Waals surface area contributed by atoms with Crippen LogP contribution in [0.2, 0.25) is 0 Å². The van der Waals surface area contributed by atoms with Crippen LogP contribution in [-0.4, -0.2) is 55.8 Å². The van der Waals surface area contributed by atoms with Gasteiger partial charge in [-0.25, -0.2) is 4.79 Å². The van der Waals surface area contributed by atoms with Gasteiger partial charge in [0.2, 0.25) is 5.91 Å². The zero-order valence-corrected chi connectivity index (χ0v) is 21.9. The van der Waals surface area contributed by atoms with Gasteiger partial charge in [0, 0.05) is 24.8 Å². The first-order valence-corrected chi connectivity index (χ1v) is 12.6. The van der Waals surface area contributed by atoms with Gasteiger partial charge in [0.05, 0.1) is 29.2 Å². The number of carbonyl (C=O) groups excluding carboxylic acids is 1. The van der Waals surface area contributed by atoms with Crippen molar-refractivity contribution in [3.05, 3.63) is 78.7 Å². The Balaban J connectivity index is 1.92. The van der Waals surface area contributed by atoms with Gasteiger partial charge in [0.1, 0.15) is 0 Å². The first kappa shape index (κ1) is 25.7. The van der Waals surface area contributed by atoms with E-state index >= 15 is 0 Å². The number of carboxylic acid groups (broad SMARTS) is 1. The minimum atomic E-state index is -0.976. The summed E-state index contributed by atoms with van der Waals surface area (Å²) in [5.74, 6) is 0.0697. The van der Waals surface area contributed by atoms with Crippen LogP contribution in [0.3, 0.4) is 0 Å². The van der Waals surface area contributed by atoms with E-state index in [1.165, 1.54) is 0 Å². The normalized spacial score (nSPS) is 23.4. The molecule has 1 aromatic heterocycles. The summed E-state index contributed by atoms with van der Waals surface area (Å²) in [5, 5.41) is 15.4. The fourth-order valence-corrected chi connectivity index (χ4v) is 6.81. The van der Waals surface area contributed by atoms with Crippen molar-refractivity contribution in [1.29, 1.82) is 0 Å². The highest BCUT2D eigenvalue weighted by Crippen LogP contribution is 2.58. The Bertz CT molecular complexity index is 1150. The van der Waals surface area contributed by atoms with Crippen LogP contribution in [-0.2, 0) is 16.9 Å². The molecule has 0 saturated carbocycles. The Morgan fingerprint density at radius 2 is 1.81 bits per heavy atom. The summed E-state index contributed by atoms with van der Waals surface area (Å²) in [4.78, 5) is 30.3. The van der Waals surface area contributed by atoms with Gasteiger partial charge in [-0.3, -0.25) is 14.4 Å². The van der Waals surface area contributed by atoms with Crippen molar-refractivity contribution in [3.8, 4) is 0 Å². The number of rotatable bonds is 7. The number of amides is 2. The van der Waals surface area contributed by atoms with Crippen molar-refractivity contribution in [2.75, 3.05) is 13.1 Å². The molecule has 2 aliphatic heterocycles. The maximum absolute atomic E-state index is 13.9. The molecule has 1 aromatic carbocycles. The predicted molar refractivity (Wildman–Crippen MR) is 141 cm³/mol. The zero-order chi connectivity index (χ0) is 26.3. The van der Waals surface area contributed by atoms with E-state index in [1.54, 1.807) is 17.1 Å². The molecular weight excluding hydrogens is 452 g/mol. The van der Waals surface area contributed by atoms with Crippen molar-refractivity contribution in [1.82, 2.24) is 19.6 Å². The van der Waals surface area contributed by atoms with Crippen LogP contribution in [0.4, 0.5) is 4.79 Å². The van der Waals surface area contributed by atoms with Gasteiger partial charge < -0.3 is 10.0 Å². The Hall–Kier alpha value is -3.35. The van der Waals surface area contributed by atoms with Crippen LogP contribution in [0.5, 0.6) is 0 Å². The number of carbonyl (C=O) groups is 2. The number of fused-ring (bicyclic) bond motifs is 1. The van der Waals surface area contributed by atoms with Gasteiger partial charge in [-0.2, -0.15) is 5.10 Å². The molecule has 2 amide bonds. The minimum Gasteiger partial charge on any atom is -0.465 e. The zero-order valence-electron chi connectivity index (χ0n) is 21.9. The third kappa shape index (κ3) is 3.85. The average Bonchev–Trinajstić information content (AvgIpc) is 3.30. The van der Waals surface area contributed by atoms with Crippen LogP contribution >= 0.6 is 0 Å². The topological polar surface area (TPSA) is 78.7 Å². The maximum atomic E-state index is 13.9. The highest BCUT2D eigenvalue weighted by Gasteiger charge is 2.66. The molecule has 192 valence electrons. The summed E-state index contributed by atoms with van der Waals surface area (Å²) in [6, 6.07) is 9.75. The Labute approximate surface area is 214 Å². The number of hydrogen-bond acceptors (Lipinski definition) is 3. The van der Waals surface area contributed by atoms with Crippen molar-refractivity contribution in [2.24, 2.45) is 10.8 Å². The number of hydrogen-bond donors (Lipinski definition) is 1. The SMILES string of the molecule is C=CCC1(CC=C)C[C@@H]2N(CCN(C(=O)O)[C@]2(c2cn(Cc3ccccc3)nc2C)C(C)(C)C)C1=O. The number of aryl methyl sites for hydroxylation is 1. The number of allylic oxidation sites excluding steroid dienone is 2. The Kier molecular flexibility index (Phi) is 6.62. The largest absolute Gasteiger partial charge is 0.465 e. The van der Waals surface area contributed by atoms with E-state index in [2.05, 4.69) is 46.1 Å². The van der Waals surface area contributed by atoms with Crippen molar-refractivity contribution in [3.63, 3.8) is 0 Å². The Morgan fingerprint density at radius 3 is 2.36 bits per heavy atom. The second kappa shape index (κ2) is 9.26.